The summed E-state index contributed by atoms with van der Waals surface area (Å²) < 4.78 is 0. The van der Waals surface area contributed by atoms with Crippen LogP contribution in [-0.4, -0.2) is 22.6 Å². The second kappa shape index (κ2) is 6.66. The Kier molecular flexibility index (Phi) is 4.42. The van der Waals surface area contributed by atoms with E-state index in [1.54, 1.807) is 24.3 Å². The topological polar surface area (TPSA) is 66.5 Å². The summed E-state index contributed by atoms with van der Waals surface area (Å²) in [6, 6.07) is 14.5. The van der Waals surface area contributed by atoms with E-state index >= 15 is 0 Å². The molecule has 3 rings (SSSR count). The lowest BCUT2D eigenvalue weighted by atomic mass is 10.1. The van der Waals surface area contributed by atoms with E-state index < -0.39 is 0 Å². The van der Waals surface area contributed by atoms with Gasteiger partial charge >= 0.3 is 0 Å². The van der Waals surface area contributed by atoms with Crippen LogP contribution in [-0.2, 0) is 16.1 Å². The van der Waals surface area contributed by atoms with Crippen molar-refractivity contribution in [1.29, 1.82) is 0 Å². The molecule has 122 valence electrons. The summed E-state index contributed by atoms with van der Waals surface area (Å²) in [5.74, 6) is -0.429. The highest BCUT2D eigenvalue weighted by Crippen LogP contribution is 2.18. The molecular formula is C19H18N2O3. The van der Waals surface area contributed by atoms with Crippen LogP contribution in [0.15, 0.2) is 48.5 Å². The number of nitrogens with one attached hydrogen (secondary N) is 1. The maximum atomic E-state index is 12.2. The standard InChI is InChI=1S/C19H18N2O3/c1-13-2-6-15(7-3-13)19(24)20-16-8-4-14(5-9-16)12-21-17(22)10-11-18(21)23/h2-9H,10-12H2,1H3,(H,20,24). The van der Waals surface area contributed by atoms with Crippen LogP contribution in [0.1, 0.15) is 34.3 Å². The quantitative estimate of drug-likeness (QED) is 0.880. The van der Waals surface area contributed by atoms with Gasteiger partial charge in [-0.05, 0) is 36.8 Å². The lowest BCUT2D eigenvalue weighted by Gasteiger charge is -2.14. The average Bonchev–Trinajstić information content (AvgIpc) is 2.89. The van der Waals surface area contributed by atoms with Crippen LogP contribution in [0.25, 0.3) is 0 Å². The molecule has 0 bridgehead atoms. The largest absolute Gasteiger partial charge is 0.322 e. The first-order chi connectivity index (χ1) is 11.5. The van der Waals surface area contributed by atoms with Crippen molar-refractivity contribution in [3.05, 3.63) is 65.2 Å². The van der Waals surface area contributed by atoms with Crippen LogP contribution in [0.5, 0.6) is 0 Å². The fourth-order valence-electron chi connectivity index (χ4n) is 2.58. The molecule has 0 aromatic heterocycles. The van der Waals surface area contributed by atoms with Crippen molar-refractivity contribution in [2.75, 3.05) is 5.32 Å². The van der Waals surface area contributed by atoms with Gasteiger partial charge in [0.2, 0.25) is 11.8 Å². The van der Waals surface area contributed by atoms with E-state index in [1.165, 1.54) is 4.90 Å². The van der Waals surface area contributed by atoms with Gasteiger partial charge in [-0.25, -0.2) is 0 Å². The Morgan fingerprint density at radius 2 is 1.54 bits per heavy atom. The van der Waals surface area contributed by atoms with Gasteiger partial charge in [-0.15, -0.1) is 0 Å². The molecule has 1 saturated heterocycles. The van der Waals surface area contributed by atoms with E-state index in [0.29, 0.717) is 24.1 Å². The predicted molar refractivity (Wildman–Crippen MR) is 90.4 cm³/mol. The predicted octanol–water partition coefficient (Wildman–Crippen LogP) is 2.90. The molecule has 2 aromatic carbocycles. The molecule has 0 unspecified atom stereocenters. The van der Waals surface area contributed by atoms with E-state index in [2.05, 4.69) is 5.32 Å². The number of benzene rings is 2. The lowest BCUT2D eigenvalue weighted by Crippen LogP contribution is -2.28. The molecular weight excluding hydrogens is 304 g/mol. The van der Waals surface area contributed by atoms with Gasteiger partial charge in [0.1, 0.15) is 0 Å². The molecule has 0 radical (unpaired) electrons. The Hall–Kier alpha value is -2.95. The molecule has 24 heavy (non-hydrogen) atoms. The molecule has 0 atom stereocenters. The van der Waals surface area contributed by atoms with Crippen molar-refractivity contribution in [2.45, 2.75) is 26.3 Å². The number of imide groups is 1. The van der Waals surface area contributed by atoms with Crippen molar-refractivity contribution in [3.8, 4) is 0 Å². The minimum absolute atomic E-state index is 0.128. The van der Waals surface area contributed by atoms with Gasteiger partial charge in [-0.2, -0.15) is 0 Å². The molecule has 2 aromatic rings. The monoisotopic (exact) mass is 322 g/mol. The molecule has 0 aliphatic carbocycles. The normalized spacial score (nSPS) is 14.1. The van der Waals surface area contributed by atoms with Crippen molar-refractivity contribution in [1.82, 2.24) is 4.90 Å². The molecule has 0 spiro atoms. The number of aryl methyl sites for hydroxylation is 1. The van der Waals surface area contributed by atoms with E-state index in [0.717, 1.165) is 11.1 Å². The van der Waals surface area contributed by atoms with E-state index in [4.69, 9.17) is 0 Å². The highest BCUT2D eigenvalue weighted by atomic mass is 16.2. The molecule has 1 aliphatic heterocycles. The maximum Gasteiger partial charge on any atom is 0.255 e. The number of amides is 3. The second-order valence-electron chi connectivity index (χ2n) is 5.89. The third-order valence-corrected chi connectivity index (χ3v) is 4.02. The highest BCUT2D eigenvalue weighted by molar-refractivity contribution is 6.04. The highest BCUT2D eigenvalue weighted by Gasteiger charge is 2.28. The summed E-state index contributed by atoms with van der Waals surface area (Å²) >= 11 is 0. The molecule has 0 saturated carbocycles. The fourth-order valence-corrected chi connectivity index (χ4v) is 2.58. The molecule has 5 nitrogen and oxygen atoms in total. The van der Waals surface area contributed by atoms with Crippen molar-refractivity contribution < 1.29 is 14.4 Å². The molecule has 1 N–H and O–H groups in total. The van der Waals surface area contributed by atoms with Crippen molar-refractivity contribution >= 4 is 23.4 Å². The van der Waals surface area contributed by atoms with Gasteiger partial charge in [0.05, 0.1) is 6.54 Å². The van der Waals surface area contributed by atoms with Gasteiger partial charge in [0.15, 0.2) is 0 Å². The minimum Gasteiger partial charge on any atom is -0.322 e. The van der Waals surface area contributed by atoms with Crippen molar-refractivity contribution in [3.63, 3.8) is 0 Å². The van der Waals surface area contributed by atoms with Crippen LogP contribution in [0.3, 0.4) is 0 Å². The summed E-state index contributed by atoms with van der Waals surface area (Å²) in [5.41, 5.74) is 3.22. The Balaban J connectivity index is 1.64. The Morgan fingerprint density at radius 3 is 2.12 bits per heavy atom. The first kappa shape index (κ1) is 15.9. The fraction of sp³-hybridized carbons (Fsp3) is 0.211. The summed E-state index contributed by atoms with van der Waals surface area (Å²) in [6.07, 6.45) is 0.590. The number of anilines is 1. The third-order valence-electron chi connectivity index (χ3n) is 4.02. The Labute approximate surface area is 140 Å². The van der Waals surface area contributed by atoms with Crippen molar-refractivity contribution in [2.24, 2.45) is 0 Å². The van der Waals surface area contributed by atoms with Crippen LogP contribution in [0, 0.1) is 6.92 Å². The number of nitrogens with zero attached hydrogens (tertiary/aromatic N) is 1. The van der Waals surface area contributed by atoms with Crippen LogP contribution >= 0.6 is 0 Å². The zero-order chi connectivity index (χ0) is 17.1. The summed E-state index contributed by atoms with van der Waals surface area (Å²) in [7, 11) is 0. The molecule has 1 aliphatic rings. The zero-order valence-corrected chi connectivity index (χ0v) is 13.4. The summed E-state index contributed by atoms with van der Waals surface area (Å²) in [6.45, 7) is 2.25. The number of hydrogen-bond donors (Lipinski definition) is 1. The number of carbonyl (C=O) groups excluding carboxylic acids is 3. The van der Waals surface area contributed by atoms with Crippen LogP contribution in [0.2, 0.25) is 0 Å². The molecule has 1 heterocycles. The number of hydrogen-bond acceptors (Lipinski definition) is 3. The molecule has 5 heteroatoms. The number of carbonyl (C=O) groups is 3. The molecule has 3 amide bonds. The second-order valence-corrected chi connectivity index (χ2v) is 5.89. The summed E-state index contributed by atoms with van der Waals surface area (Å²) in [4.78, 5) is 36.7. The summed E-state index contributed by atoms with van der Waals surface area (Å²) in [5, 5.41) is 2.83. The van der Waals surface area contributed by atoms with E-state index in [-0.39, 0.29) is 24.3 Å². The van der Waals surface area contributed by atoms with E-state index in [9.17, 15) is 14.4 Å². The maximum absolute atomic E-state index is 12.2. The van der Waals surface area contributed by atoms with Gasteiger partial charge in [-0.1, -0.05) is 29.8 Å². The number of rotatable bonds is 4. The first-order valence-electron chi connectivity index (χ1n) is 7.83. The first-order valence-corrected chi connectivity index (χ1v) is 7.83. The smallest absolute Gasteiger partial charge is 0.255 e. The lowest BCUT2D eigenvalue weighted by molar-refractivity contribution is -0.139. The van der Waals surface area contributed by atoms with Crippen LogP contribution in [0.4, 0.5) is 5.69 Å². The van der Waals surface area contributed by atoms with Gasteiger partial charge in [-0.3, -0.25) is 19.3 Å². The van der Waals surface area contributed by atoms with Gasteiger partial charge in [0, 0.05) is 24.1 Å². The van der Waals surface area contributed by atoms with Gasteiger partial charge in [0.25, 0.3) is 5.91 Å². The van der Waals surface area contributed by atoms with Crippen LogP contribution < -0.4 is 5.32 Å². The zero-order valence-electron chi connectivity index (χ0n) is 13.4. The number of likely N-dealkylation sites (tertiary alicyclic amines) is 1. The molecule has 1 fully saturated rings. The van der Waals surface area contributed by atoms with E-state index in [1.807, 2.05) is 31.2 Å². The Bertz CT molecular complexity index is 763. The van der Waals surface area contributed by atoms with Gasteiger partial charge < -0.3 is 5.32 Å². The Morgan fingerprint density at radius 1 is 0.958 bits per heavy atom. The minimum atomic E-state index is -0.173. The average molecular weight is 322 g/mol. The third kappa shape index (κ3) is 3.51. The SMILES string of the molecule is Cc1ccc(C(=O)Nc2ccc(CN3C(=O)CCC3=O)cc2)cc1.